The standard InChI is InChI=1S/C19H27Cl3N2O2/c1-12-10-24(11-13(2)26-12)17(19(20,21)22)23-16(25)14-6-8-15(9-7-14)18(3,4)5/h6-9,12-13,17H,10-11H2,1-5H3,(H,23,25)/t12-,13+,17-/m0/s1. The molecule has 2 rings (SSSR count). The lowest BCUT2D eigenvalue weighted by Crippen LogP contribution is -2.60. The number of amides is 1. The first kappa shape index (κ1) is 21.8. The molecule has 0 aliphatic carbocycles. The van der Waals surface area contributed by atoms with E-state index in [1.165, 1.54) is 0 Å². The molecule has 0 unspecified atom stereocenters. The Kier molecular flexibility index (Phi) is 6.90. The maximum Gasteiger partial charge on any atom is 0.252 e. The molecular weight excluding hydrogens is 395 g/mol. The Morgan fingerprint density at radius 1 is 1.12 bits per heavy atom. The van der Waals surface area contributed by atoms with E-state index in [2.05, 4.69) is 26.1 Å². The number of nitrogens with one attached hydrogen (secondary N) is 1. The van der Waals surface area contributed by atoms with Crippen molar-refractivity contribution in [1.29, 1.82) is 0 Å². The van der Waals surface area contributed by atoms with Crippen LogP contribution in [0.5, 0.6) is 0 Å². The summed E-state index contributed by atoms with van der Waals surface area (Å²) in [6.07, 6.45) is -0.746. The van der Waals surface area contributed by atoms with Crippen molar-refractivity contribution in [3.63, 3.8) is 0 Å². The van der Waals surface area contributed by atoms with Gasteiger partial charge in [-0.05, 0) is 37.0 Å². The average Bonchev–Trinajstić information content (AvgIpc) is 2.49. The van der Waals surface area contributed by atoms with Crippen LogP contribution in [0.3, 0.4) is 0 Å². The molecule has 3 atom stereocenters. The zero-order chi connectivity index (χ0) is 19.7. The number of rotatable bonds is 3. The number of nitrogens with zero attached hydrogens (tertiary/aromatic N) is 1. The van der Waals surface area contributed by atoms with Gasteiger partial charge >= 0.3 is 0 Å². The first-order chi connectivity index (χ1) is 11.9. The van der Waals surface area contributed by atoms with E-state index in [9.17, 15) is 4.79 Å². The van der Waals surface area contributed by atoms with Gasteiger partial charge in [-0.3, -0.25) is 9.69 Å². The highest BCUT2D eigenvalue weighted by Crippen LogP contribution is 2.33. The third-order valence-electron chi connectivity index (χ3n) is 4.40. The molecule has 1 amide bonds. The number of alkyl halides is 3. The lowest BCUT2D eigenvalue weighted by atomic mass is 9.87. The molecule has 26 heavy (non-hydrogen) atoms. The number of morpholine rings is 1. The molecule has 1 aliphatic rings. The first-order valence-corrected chi connectivity index (χ1v) is 9.89. The second kappa shape index (κ2) is 8.24. The Hall–Kier alpha value is -0.520. The van der Waals surface area contributed by atoms with E-state index in [1.807, 2.05) is 30.9 Å². The molecular formula is C19H27Cl3N2O2. The summed E-state index contributed by atoms with van der Waals surface area (Å²) in [7, 11) is 0. The van der Waals surface area contributed by atoms with E-state index in [-0.39, 0.29) is 23.5 Å². The Morgan fingerprint density at radius 3 is 2.04 bits per heavy atom. The molecule has 1 aromatic carbocycles. The van der Waals surface area contributed by atoms with Crippen molar-refractivity contribution in [3.05, 3.63) is 35.4 Å². The first-order valence-electron chi connectivity index (χ1n) is 8.75. The van der Waals surface area contributed by atoms with Gasteiger partial charge in [-0.2, -0.15) is 0 Å². The zero-order valence-corrected chi connectivity index (χ0v) is 18.1. The predicted octanol–water partition coefficient (Wildman–Crippen LogP) is 4.52. The van der Waals surface area contributed by atoms with Gasteiger partial charge in [-0.1, -0.05) is 67.7 Å². The zero-order valence-electron chi connectivity index (χ0n) is 15.9. The molecule has 1 fully saturated rings. The summed E-state index contributed by atoms with van der Waals surface area (Å²) in [4.78, 5) is 14.7. The van der Waals surface area contributed by atoms with E-state index in [0.717, 1.165) is 5.56 Å². The van der Waals surface area contributed by atoms with Crippen molar-refractivity contribution in [2.45, 2.75) is 62.2 Å². The molecule has 1 heterocycles. The Labute approximate surface area is 171 Å². The van der Waals surface area contributed by atoms with E-state index in [4.69, 9.17) is 39.5 Å². The lowest BCUT2D eigenvalue weighted by molar-refractivity contribution is -0.0826. The summed E-state index contributed by atoms with van der Waals surface area (Å²) in [5.41, 5.74) is 1.71. The van der Waals surface area contributed by atoms with E-state index in [0.29, 0.717) is 18.7 Å². The normalized spacial score (nSPS) is 23.5. The van der Waals surface area contributed by atoms with Crippen LogP contribution in [0.25, 0.3) is 0 Å². The average molecular weight is 422 g/mol. The highest BCUT2D eigenvalue weighted by atomic mass is 35.6. The number of hydrogen-bond acceptors (Lipinski definition) is 3. The van der Waals surface area contributed by atoms with Crippen molar-refractivity contribution < 1.29 is 9.53 Å². The molecule has 0 saturated carbocycles. The predicted molar refractivity (Wildman–Crippen MR) is 108 cm³/mol. The van der Waals surface area contributed by atoms with Gasteiger partial charge in [0.25, 0.3) is 5.91 Å². The Morgan fingerprint density at radius 2 is 1.62 bits per heavy atom. The van der Waals surface area contributed by atoms with Crippen molar-refractivity contribution in [1.82, 2.24) is 10.2 Å². The van der Waals surface area contributed by atoms with E-state index >= 15 is 0 Å². The van der Waals surface area contributed by atoms with Gasteiger partial charge in [-0.15, -0.1) is 0 Å². The molecule has 1 aromatic rings. The van der Waals surface area contributed by atoms with Crippen LogP contribution in [0.1, 0.15) is 50.5 Å². The van der Waals surface area contributed by atoms with Gasteiger partial charge < -0.3 is 10.1 Å². The Bertz CT molecular complexity index is 613. The lowest BCUT2D eigenvalue weighted by Gasteiger charge is -2.42. The summed E-state index contributed by atoms with van der Waals surface area (Å²) in [5.74, 6) is -0.270. The number of halogens is 3. The summed E-state index contributed by atoms with van der Waals surface area (Å²) in [6.45, 7) is 11.5. The maximum absolute atomic E-state index is 12.7. The van der Waals surface area contributed by atoms with Gasteiger partial charge in [-0.25, -0.2) is 0 Å². The topological polar surface area (TPSA) is 41.6 Å². The fourth-order valence-electron chi connectivity index (χ4n) is 3.14. The molecule has 1 saturated heterocycles. The molecule has 1 aliphatic heterocycles. The second-order valence-corrected chi connectivity index (χ2v) is 10.3. The molecule has 0 aromatic heterocycles. The van der Waals surface area contributed by atoms with Crippen molar-refractivity contribution in [3.8, 4) is 0 Å². The number of ether oxygens (including phenoxy) is 1. The minimum Gasteiger partial charge on any atom is -0.373 e. The molecule has 4 nitrogen and oxygen atoms in total. The number of hydrogen-bond donors (Lipinski definition) is 1. The number of carbonyl (C=O) groups is 1. The smallest absolute Gasteiger partial charge is 0.252 e. The SMILES string of the molecule is C[C@@H]1CN([C@H](NC(=O)c2ccc(C(C)(C)C)cc2)C(Cl)(Cl)Cl)C[C@H](C)O1. The van der Waals surface area contributed by atoms with Crippen molar-refractivity contribution in [2.24, 2.45) is 0 Å². The maximum atomic E-state index is 12.7. The third kappa shape index (κ3) is 5.74. The molecule has 1 N–H and O–H groups in total. The summed E-state index contributed by atoms with van der Waals surface area (Å²) in [6, 6.07) is 7.52. The van der Waals surface area contributed by atoms with Crippen LogP contribution in [0.2, 0.25) is 0 Å². The third-order valence-corrected chi connectivity index (χ3v) is 5.02. The summed E-state index contributed by atoms with van der Waals surface area (Å²) >= 11 is 18.5. The van der Waals surface area contributed by atoms with Crippen LogP contribution in [0, 0.1) is 0 Å². The molecule has 0 spiro atoms. The highest BCUT2D eigenvalue weighted by Gasteiger charge is 2.41. The monoisotopic (exact) mass is 420 g/mol. The van der Waals surface area contributed by atoms with Crippen molar-refractivity contribution >= 4 is 40.7 Å². The summed E-state index contributed by atoms with van der Waals surface area (Å²) in [5, 5.41) is 2.88. The van der Waals surface area contributed by atoms with Gasteiger partial charge in [0.05, 0.1) is 12.2 Å². The van der Waals surface area contributed by atoms with Crippen LogP contribution in [-0.2, 0) is 10.2 Å². The highest BCUT2D eigenvalue weighted by molar-refractivity contribution is 6.68. The number of carbonyl (C=O) groups excluding carboxylic acids is 1. The minimum atomic E-state index is -1.65. The van der Waals surface area contributed by atoms with Crippen LogP contribution >= 0.6 is 34.8 Å². The van der Waals surface area contributed by atoms with Gasteiger partial charge in [0.15, 0.2) is 0 Å². The van der Waals surface area contributed by atoms with E-state index in [1.54, 1.807) is 12.1 Å². The molecule has 0 bridgehead atoms. The number of benzene rings is 1. The van der Waals surface area contributed by atoms with Crippen LogP contribution < -0.4 is 5.32 Å². The Balaban J connectivity index is 2.16. The van der Waals surface area contributed by atoms with Crippen LogP contribution in [0.4, 0.5) is 0 Å². The fraction of sp³-hybridized carbons (Fsp3) is 0.632. The molecule has 146 valence electrons. The molecule has 7 heteroatoms. The fourth-order valence-corrected chi connectivity index (χ4v) is 3.72. The largest absolute Gasteiger partial charge is 0.373 e. The van der Waals surface area contributed by atoms with Gasteiger partial charge in [0.1, 0.15) is 6.17 Å². The second-order valence-electron chi connectivity index (χ2n) is 7.96. The van der Waals surface area contributed by atoms with Crippen LogP contribution in [-0.4, -0.2) is 46.1 Å². The van der Waals surface area contributed by atoms with Gasteiger partial charge in [0.2, 0.25) is 3.79 Å². The molecule has 0 radical (unpaired) electrons. The van der Waals surface area contributed by atoms with Gasteiger partial charge in [0, 0.05) is 18.7 Å². The van der Waals surface area contributed by atoms with Crippen molar-refractivity contribution in [2.75, 3.05) is 13.1 Å². The quantitative estimate of drug-likeness (QED) is 0.730. The van der Waals surface area contributed by atoms with E-state index < -0.39 is 9.96 Å². The summed E-state index contributed by atoms with van der Waals surface area (Å²) < 4.78 is 4.08. The minimum absolute atomic E-state index is 0.00317. The van der Waals surface area contributed by atoms with Crippen LogP contribution in [0.15, 0.2) is 24.3 Å².